The molecule has 0 fully saturated rings. The van der Waals surface area contributed by atoms with Crippen LogP contribution in [0.25, 0.3) is 0 Å². The lowest BCUT2D eigenvalue weighted by atomic mass is 10.2. The molecule has 0 unspecified atom stereocenters. The number of aromatic nitrogens is 1. The van der Waals surface area contributed by atoms with E-state index in [1.165, 1.54) is 10.6 Å². The van der Waals surface area contributed by atoms with Gasteiger partial charge in [0.2, 0.25) is 0 Å². The molecule has 6 heteroatoms. The minimum absolute atomic E-state index is 0.157. The Morgan fingerprint density at radius 3 is 2.72 bits per heavy atom. The number of hydrogen-bond acceptors (Lipinski definition) is 4. The predicted octanol–water partition coefficient (Wildman–Crippen LogP) is 0.955. The highest BCUT2D eigenvalue weighted by Gasteiger charge is 2.15. The molecule has 0 saturated heterocycles. The fourth-order valence-electron chi connectivity index (χ4n) is 1.32. The van der Waals surface area contributed by atoms with E-state index in [1.807, 2.05) is 0 Å². The van der Waals surface area contributed by atoms with Crippen LogP contribution in [0.4, 0.5) is 10.5 Å². The summed E-state index contributed by atoms with van der Waals surface area (Å²) in [7, 11) is 0. The first-order valence-electron chi connectivity index (χ1n) is 5.71. The Hall–Kier alpha value is -1.98. The Labute approximate surface area is 106 Å². The number of pyridine rings is 1. The van der Waals surface area contributed by atoms with Crippen molar-refractivity contribution in [3.63, 3.8) is 0 Å². The summed E-state index contributed by atoms with van der Waals surface area (Å²) in [5.41, 5.74) is 5.39. The number of rotatable bonds is 3. The summed E-state index contributed by atoms with van der Waals surface area (Å²) in [6.45, 7) is 6.01. The van der Waals surface area contributed by atoms with Gasteiger partial charge >= 0.3 is 6.09 Å². The molecule has 0 aliphatic rings. The highest BCUT2D eigenvalue weighted by molar-refractivity contribution is 5.67. The first kappa shape index (κ1) is 14.1. The monoisotopic (exact) mass is 253 g/mol. The molecule has 0 aliphatic heterocycles. The number of alkyl carbamates (subject to hydrolysis) is 1. The number of amides is 1. The molecule has 0 aromatic carbocycles. The first-order chi connectivity index (χ1) is 8.28. The molecule has 100 valence electrons. The number of nitrogens with zero attached hydrogens (tertiary/aromatic N) is 1. The van der Waals surface area contributed by atoms with Gasteiger partial charge in [-0.05, 0) is 26.8 Å². The number of carbonyl (C=O) groups is 1. The van der Waals surface area contributed by atoms with Crippen LogP contribution < -0.4 is 16.6 Å². The van der Waals surface area contributed by atoms with E-state index in [2.05, 4.69) is 5.32 Å². The lowest BCUT2D eigenvalue weighted by molar-refractivity contribution is 0.0526. The maximum absolute atomic E-state index is 11.4. The van der Waals surface area contributed by atoms with Crippen LogP contribution in [0.2, 0.25) is 0 Å². The molecule has 0 atom stereocenters. The van der Waals surface area contributed by atoms with Crippen LogP contribution >= 0.6 is 0 Å². The number of ether oxygens (including phenoxy) is 1. The van der Waals surface area contributed by atoms with E-state index in [1.54, 1.807) is 33.0 Å². The average Bonchev–Trinajstić information content (AvgIpc) is 2.20. The number of anilines is 1. The van der Waals surface area contributed by atoms with Gasteiger partial charge in [0.05, 0.1) is 0 Å². The van der Waals surface area contributed by atoms with Crippen LogP contribution in [0.15, 0.2) is 23.1 Å². The highest BCUT2D eigenvalue weighted by Crippen LogP contribution is 2.06. The molecular weight excluding hydrogens is 234 g/mol. The minimum Gasteiger partial charge on any atom is -0.444 e. The summed E-state index contributed by atoms with van der Waals surface area (Å²) in [5, 5.41) is 2.57. The van der Waals surface area contributed by atoms with Crippen molar-refractivity contribution in [3.05, 3.63) is 28.7 Å². The van der Waals surface area contributed by atoms with Gasteiger partial charge in [-0.2, -0.15) is 0 Å². The van der Waals surface area contributed by atoms with Crippen molar-refractivity contribution in [1.82, 2.24) is 9.88 Å². The summed E-state index contributed by atoms with van der Waals surface area (Å²) in [6.07, 6.45) is 1.04. The van der Waals surface area contributed by atoms with Gasteiger partial charge in [-0.15, -0.1) is 0 Å². The Bertz CT molecular complexity index is 474. The molecule has 6 nitrogen and oxygen atoms in total. The Morgan fingerprint density at radius 1 is 1.44 bits per heavy atom. The maximum Gasteiger partial charge on any atom is 0.407 e. The second-order valence-corrected chi connectivity index (χ2v) is 4.92. The van der Waals surface area contributed by atoms with E-state index in [0.29, 0.717) is 18.8 Å². The van der Waals surface area contributed by atoms with Crippen LogP contribution in [-0.2, 0) is 11.3 Å². The molecule has 1 aromatic heterocycles. The van der Waals surface area contributed by atoms with Crippen molar-refractivity contribution < 1.29 is 9.53 Å². The molecular formula is C12H19N3O3. The van der Waals surface area contributed by atoms with Crippen LogP contribution in [0.5, 0.6) is 0 Å². The Balaban J connectivity index is 2.45. The van der Waals surface area contributed by atoms with Crippen molar-refractivity contribution in [2.45, 2.75) is 32.9 Å². The highest BCUT2D eigenvalue weighted by atomic mass is 16.6. The van der Waals surface area contributed by atoms with Gasteiger partial charge in [-0.3, -0.25) is 4.79 Å². The largest absolute Gasteiger partial charge is 0.444 e. The third-order valence-electron chi connectivity index (χ3n) is 2.03. The van der Waals surface area contributed by atoms with Gasteiger partial charge in [0, 0.05) is 31.0 Å². The van der Waals surface area contributed by atoms with Gasteiger partial charge in [0.1, 0.15) is 5.60 Å². The summed E-state index contributed by atoms with van der Waals surface area (Å²) in [4.78, 5) is 22.8. The van der Waals surface area contributed by atoms with Gasteiger partial charge < -0.3 is 20.4 Å². The quantitative estimate of drug-likeness (QED) is 0.840. The van der Waals surface area contributed by atoms with Gasteiger partial charge in [0.15, 0.2) is 0 Å². The first-order valence-corrected chi connectivity index (χ1v) is 5.71. The molecule has 0 bridgehead atoms. The third kappa shape index (κ3) is 4.90. The Kier molecular flexibility index (Phi) is 4.36. The summed E-state index contributed by atoms with van der Waals surface area (Å²) in [5.74, 6) is 0. The molecule has 0 aliphatic carbocycles. The fraction of sp³-hybridized carbons (Fsp3) is 0.500. The van der Waals surface area contributed by atoms with Crippen molar-refractivity contribution >= 4 is 11.8 Å². The van der Waals surface area contributed by atoms with Crippen molar-refractivity contribution in [2.24, 2.45) is 0 Å². The van der Waals surface area contributed by atoms with E-state index < -0.39 is 11.7 Å². The van der Waals surface area contributed by atoms with Crippen LogP contribution in [-0.4, -0.2) is 22.8 Å². The number of nitrogens with one attached hydrogen (secondary N) is 1. The van der Waals surface area contributed by atoms with Crippen molar-refractivity contribution in [3.8, 4) is 0 Å². The summed E-state index contributed by atoms with van der Waals surface area (Å²) < 4.78 is 6.50. The zero-order chi connectivity index (χ0) is 13.8. The molecule has 0 spiro atoms. The van der Waals surface area contributed by atoms with Gasteiger partial charge in [-0.25, -0.2) is 4.79 Å². The normalized spacial score (nSPS) is 11.1. The third-order valence-corrected chi connectivity index (χ3v) is 2.03. The number of hydrogen-bond donors (Lipinski definition) is 2. The van der Waals surface area contributed by atoms with Crippen molar-refractivity contribution in [2.75, 3.05) is 12.3 Å². The minimum atomic E-state index is -0.530. The van der Waals surface area contributed by atoms with E-state index in [4.69, 9.17) is 10.5 Å². The van der Waals surface area contributed by atoms with E-state index >= 15 is 0 Å². The summed E-state index contributed by atoms with van der Waals surface area (Å²) in [6, 6.07) is 2.93. The van der Waals surface area contributed by atoms with Gasteiger partial charge in [-0.1, -0.05) is 0 Å². The average molecular weight is 253 g/mol. The second-order valence-electron chi connectivity index (χ2n) is 4.92. The summed E-state index contributed by atoms with van der Waals surface area (Å²) >= 11 is 0. The van der Waals surface area contributed by atoms with Crippen molar-refractivity contribution in [1.29, 1.82) is 0 Å². The molecule has 0 radical (unpaired) electrons. The zero-order valence-electron chi connectivity index (χ0n) is 10.9. The van der Waals surface area contributed by atoms with E-state index in [-0.39, 0.29) is 5.56 Å². The lowest BCUT2D eigenvalue weighted by Gasteiger charge is -2.19. The van der Waals surface area contributed by atoms with E-state index in [9.17, 15) is 9.59 Å². The SMILES string of the molecule is CC(C)(C)OC(=O)NCCn1cc(N)ccc1=O. The number of carbonyl (C=O) groups excluding carboxylic acids is 1. The predicted molar refractivity (Wildman–Crippen MR) is 69.4 cm³/mol. The second kappa shape index (κ2) is 5.57. The topological polar surface area (TPSA) is 86.3 Å². The lowest BCUT2D eigenvalue weighted by Crippen LogP contribution is -2.35. The maximum atomic E-state index is 11.4. The van der Waals surface area contributed by atoms with E-state index in [0.717, 1.165) is 0 Å². The Morgan fingerprint density at radius 2 is 2.11 bits per heavy atom. The molecule has 0 saturated carbocycles. The number of nitrogens with two attached hydrogens (primary N) is 1. The molecule has 1 heterocycles. The fourth-order valence-corrected chi connectivity index (χ4v) is 1.32. The van der Waals surface area contributed by atoms with Gasteiger partial charge in [0.25, 0.3) is 5.56 Å². The molecule has 1 amide bonds. The molecule has 3 N–H and O–H groups in total. The molecule has 1 rings (SSSR count). The standard InChI is InChI=1S/C12H19N3O3/c1-12(2,3)18-11(17)14-6-7-15-8-9(13)4-5-10(15)16/h4-5,8H,6-7,13H2,1-3H3,(H,14,17). The van der Waals surface area contributed by atoms with Crippen LogP contribution in [0.1, 0.15) is 20.8 Å². The van der Waals surface area contributed by atoms with Crippen LogP contribution in [0, 0.1) is 0 Å². The van der Waals surface area contributed by atoms with Crippen LogP contribution in [0.3, 0.4) is 0 Å². The molecule has 18 heavy (non-hydrogen) atoms. The smallest absolute Gasteiger partial charge is 0.407 e. The number of nitrogen functional groups attached to an aromatic ring is 1. The molecule has 1 aromatic rings. The zero-order valence-corrected chi connectivity index (χ0v) is 10.9.